The molecular formula is C25H20BrN3O3S. The summed E-state index contributed by atoms with van der Waals surface area (Å²) in [4.78, 5) is 31.5. The number of carbonyl (C=O) groups is 2. The van der Waals surface area contributed by atoms with E-state index in [4.69, 9.17) is 4.74 Å². The molecule has 2 amide bonds. The minimum absolute atomic E-state index is 0.108. The molecule has 1 aliphatic heterocycles. The number of anilines is 1. The molecule has 1 fully saturated rings. The average molecular weight is 522 g/mol. The van der Waals surface area contributed by atoms with Gasteiger partial charge in [-0.1, -0.05) is 42.5 Å². The van der Waals surface area contributed by atoms with Crippen LogP contribution in [0.2, 0.25) is 0 Å². The highest BCUT2D eigenvalue weighted by molar-refractivity contribution is 9.10. The first-order valence-electron chi connectivity index (χ1n) is 10.1. The number of ether oxygens (including phenoxy) is 1. The number of amidine groups is 1. The van der Waals surface area contributed by atoms with Crippen molar-refractivity contribution in [1.29, 1.82) is 0 Å². The van der Waals surface area contributed by atoms with Gasteiger partial charge in [-0.05, 0) is 75.7 Å². The maximum Gasteiger partial charge on any atom is 0.266 e. The Morgan fingerprint density at radius 2 is 1.79 bits per heavy atom. The van der Waals surface area contributed by atoms with Crippen LogP contribution in [0.1, 0.15) is 5.56 Å². The first kappa shape index (κ1) is 22.8. The number of amides is 2. The first-order valence-corrected chi connectivity index (χ1v) is 11.7. The van der Waals surface area contributed by atoms with Crippen LogP contribution in [-0.4, -0.2) is 35.5 Å². The molecule has 1 N–H and O–H groups in total. The number of hydrogen-bond donors (Lipinski definition) is 1. The van der Waals surface area contributed by atoms with Crippen LogP contribution in [0.4, 0.5) is 11.4 Å². The Hall–Kier alpha value is -3.36. The van der Waals surface area contributed by atoms with Crippen LogP contribution in [0.5, 0.6) is 5.75 Å². The number of hydrogen-bond acceptors (Lipinski definition) is 5. The van der Waals surface area contributed by atoms with Crippen molar-refractivity contribution >= 4 is 62.1 Å². The van der Waals surface area contributed by atoms with Gasteiger partial charge in [-0.3, -0.25) is 14.5 Å². The van der Waals surface area contributed by atoms with Crippen molar-refractivity contribution in [3.8, 4) is 5.75 Å². The molecule has 6 nitrogen and oxygen atoms in total. The highest BCUT2D eigenvalue weighted by Crippen LogP contribution is 2.34. The van der Waals surface area contributed by atoms with Gasteiger partial charge >= 0.3 is 0 Å². The van der Waals surface area contributed by atoms with E-state index in [1.54, 1.807) is 18.0 Å². The third-order valence-corrected chi connectivity index (χ3v) is 6.33. The van der Waals surface area contributed by atoms with Crippen molar-refractivity contribution in [2.75, 3.05) is 19.0 Å². The zero-order valence-corrected chi connectivity index (χ0v) is 20.1. The first-order chi connectivity index (χ1) is 16.0. The second-order valence-corrected chi connectivity index (χ2v) is 8.96. The van der Waals surface area contributed by atoms with Crippen LogP contribution in [0.3, 0.4) is 0 Å². The molecule has 0 spiro atoms. The van der Waals surface area contributed by atoms with Crippen LogP contribution < -0.4 is 10.1 Å². The zero-order valence-electron chi connectivity index (χ0n) is 17.7. The minimum atomic E-state index is -0.250. The number of aliphatic imine (C=N–C) groups is 1. The van der Waals surface area contributed by atoms with Gasteiger partial charge in [0.25, 0.3) is 11.8 Å². The Kier molecular flexibility index (Phi) is 7.26. The quantitative estimate of drug-likeness (QED) is 0.422. The van der Waals surface area contributed by atoms with Gasteiger partial charge in [0, 0.05) is 12.7 Å². The van der Waals surface area contributed by atoms with Crippen LogP contribution in [-0.2, 0) is 9.59 Å². The van der Waals surface area contributed by atoms with Gasteiger partial charge in [0.1, 0.15) is 5.75 Å². The number of nitrogens with one attached hydrogen (secondary N) is 1. The monoisotopic (exact) mass is 521 g/mol. The summed E-state index contributed by atoms with van der Waals surface area (Å²) in [7, 11) is 1.71. The molecule has 166 valence electrons. The minimum Gasteiger partial charge on any atom is -0.483 e. The Labute approximate surface area is 204 Å². The van der Waals surface area contributed by atoms with Crippen molar-refractivity contribution in [3.05, 3.63) is 93.8 Å². The normalized spacial score (nSPS) is 15.8. The molecule has 0 bridgehead atoms. The number of nitrogens with zero attached hydrogens (tertiary/aromatic N) is 2. The Balaban J connectivity index is 1.42. The molecule has 0 aliphatic carbocycles. The smallest absolute Gasteiger partial charge is 0.266 e. The van der Waals surface area contributed by atoms with E-state index in [-0.39, 0.29) is 18.4 Å². The third-order valence-electron chi connectivity index (χ3n) is 4.65. The summed E-state index contributed by atoms with van der Waals surface area (Å²) in [5, 5.41) is 3.40. The summed E-state index contributed by atoms with van der Waals surface area (Å²) in [5.74, 6) is 0.179. The summed E-state index contributed by atoms with van der Waals surface area (Å²) in [5.41, 5.74) is 2.33. The molecule has 3 aromatic rings. The Morgan fingerprint density at radius 3 is 2.48 bits per heavy atom. The summed E-state index contributed by atoms with van der Waals surface area (Å²) in [6.45, 7) is -0.119. The number of carbonyl (C=O) groups excluding carboxylic acids is 2. The fraction of sp³-hybridized carbons (Fsp3) is 0.0800. The second kappa shape index (κ2) is 10.5. The predicted octanol–water partition coefficient (Wildman–Crippen LogP) is 5.70. The molecule has 4 rings (SSSR count). The molecule has 33 heavy (non-hydrogen) atoms. The number of para-hydroxylation sites is 2. The van der Waals surface area contributed by atoms with Gasteiger partial charge in [0.2, 0.25) is 0 Å². The van der Waals surface area contributed by atoms with Gasteiger partial charge in [-0.15, -0.1) is 0 Å². The van der Waals surface area contributed by atoms with Gasteiger partial charge < -0.3 is 10.1 Å². The molecule has 0 radical (unpaired) electrons. The van der Waals surface area contributed by atoms with E-state index in [0.717, 1.165) is 11.3 Å². The van der Waals surface area contributed by atoms with E-state index in [1.807, 2.05) is 78.9 Å². The standard InChI is InChI=1S/C25H20BrN3O3S/c1-29-24(31)22(33-25(29)28-19-10-6-3-7-11-19)15-17-12-13-21(20(26)14-17)32-16-23(30)27-18-8-4-2-5-9-18/h2-15H,16H2,1H3,(H,27,30)/b22-15+,28-25?. The predicted molar refractivity (Wildman–Crippen MR) is 137 cm³/mol. The van der Waals surface area contributed by atoms with Crippen molar-refractivity contribution in [3.63, 3.8) is 0 Å². The molecular weight excluding hydrogens is 502 g/mol. The van der Waals surface area contributed by atoms with Crippen LogP contribution in [0, 0.1) is 0 Å². The van der Waals surface area contributed by atoms with E-state index in [1.165, 1.54) is 11.8 Å². The van der Waals surface area contributed by atoms with Gasteiger partial charge in [-0.2, -0.15) is 0 Å². The van der Waals surface area contributed by atoms with Gasteiger partial charge in [-0.25, -0.2) is 4.99 Å². The topological polar surface area (TPSA) is 71.0 Å². The molecule has 1 heterocycles. The van der Waals surface area contributed by atoms with Crippen molar-refractivity contribution in [2.24, 2.45) is 4.99 Å². The summed E-state index contributed by atoms with van der Waals surface area (Å²) in [6.07, 6.45) is 1.81. The molecule has 0 unspecified atom stereocenters. The van der Waals surface area contributed by atoms with Crippen LogP contribution in [0.25, 0.3) is 6.08 Å². The zero-order chi connectivity index (χ0) is 23.2. The SMILES string of the molecule is CN1C(=O)/C(=C\c2ccc(OCC(=O)Nc3ccccc3)c(Br)c2)SC1=Nc1ccccc1. The second-order valence-electron chi connectivity index (χ2n) is 7.10. The van der Waals surface area contributed by atoms with E-state index < -0.39 is 0 Å². The van der Waals surface area contributed by atoms with E-state index >= 15 is 0 Å². The van der Waals surface area contributed by atoms with Crippen molar-refractivity contribution in [2.45, 2.75) is 0 Å². The lowest BCUT2D eigenvalue weighted by Gasteiger charge is -2.09. The highest BCUT2D eigenvalue weighted by atomic mass is 79.9. The van der Waals surface area contributed by atoms with Gasteiger partial charge in [0.15, 0.2) is 11.8 Å². The highest BCUT2D eigenvalue weighted by Gasteiger charge is 2.30. The molecule has 0 aromatic heterocycles. The van der Waals surface area contributed by atoms with Crippen molar-refractivity contribution < 1.29 is 14.3 Å². The lowest BCUT2D eigenvalue weighted by molar-refractivity contribution is -0.121. The third kappa shape index (κ3) is 5.91. The van der Waals surface area contributed by atoms with Crippen LogP contribution >= 0.6 is 27.7 Å². The number of halogens is 1. The molecule has 1 aliphatic rings. The van der Waals surface area contributed by atoms with E-state index in [2.05, 4.69) is 26.2 Å². The fourth-order valence-electron chi connectivity index (χ4n) is 3.00. The molecule has 8 heteroatoms. The van der Waals surface area contributed by atoms with E-state index in [0.29, 0.717) is 26.0 Å². The largest absolute Gasteiger partial charge is 0.483 e. The van der Waals surface area contributed by atoms with E-state index in [9.17, 15) is 9.59 Å². The average Bonchev–Trinajstić information content (AvgIpc) is 3.07. The maximum absolute atomic E-state index is 12.7. The molecule has 0 atom stereocenters. The number of thioether (sulfide) groups is 1. The molecule has 1 saturated heterocycles. The fourth-order valence-corrected chi connectivity index (χ4v) is 4.50. The number of likely N-dealkylation sites (N-methyl/N-ethyl adjacent to an activating group) is 1. The maximum atomic E-state index is 12.7. The van der Waals surface area contributed by atoms with Crippen molar-refractivity contribution in [1.82, 2.24) is 4.90 Å². The summed E-state index contributed by atoms with van der Waals surface area (Å²) in [6, 6.07) is 24.2. The number of rotatable bonds is 6. The molecule has 3 aromatic carbocycles. The van der Waals surface area contributed by atoms with Crippen LogP contribution in [0.15, 0.2) is 93.2 Å². The summed E-state index contributed by atoms with van der Waals surface area (Å²) >= 11 is 4.81. The summed E-state index contributed by atoms with van der Waals surface area (Å²) < 4.78 is 6.32. The lowest BCUT2D eigenvalue weighted by atomic mass is 10.2. The Morgan fingerprint density at radius 1 is 1.09 bits per heavy atom. The lowest BCUT2D eigenvalue weighted by Crippen LogP contribution is -2.23. The number of benzene rings is 3. The molecule has 0 saturated carbocycles. The Bertz CT molecular complexity index is 1230. The van der Waals surface area contributed by atoms with Gasteiger partial charge in [0.05, 0.1) is 15.1 Å².